The Balaban J connectivity index is 2.65. The van der Waals surface area contributed by atoms with Crippen molar-refractivity contribution in [3.8, 4) is 0 Å². The molecule has 0 fully saturated rings. The highest BCUT2D eigenvalue weighted by Crippen LogP contribution is 2.08. The van der Waals surface area contributed by atoms with E-state index in [9.17, 15) is 9.18 Å². The van der Waals surface area contributed by atoms with Crippen LogP contribution in [0, 0.1) is 11.7 Å². The van der Waals surface area contributed by atoms with Gasteiger partial charge in [0.25, 0.3) is 0 Å². The van der Waals surface area contributed by atoms with E-state index in [4.69, 9.17) is 5.73 Å². The van der Waals surface area contributed by atoms with Crippen LogP contribution in [0.5, 0.6) is 0 Å². The first-order chi connectivity index (χ1) is 9.45. The minimum atomic E-state index is -0.464. The van der Waals surface area contributed by atoms with E-state index in [1.165, 1.54) is 12.1 Å². The van der Waals surface area contributed by atoms with Crippen molar-refractivity contribution in [1.82, 2.24) is 4.90 Å². The van der Waals surface area contributed by atoms with Crippen LogP contribution in [0.3, 0.4) is 0 Å². The van der Waals surface area contributed by atoms with Crippen LogP contribution in [0.2, 0.25) is 0 Å². The molecule has 0 heterocycles. The average Bonchev–Trinajstić information content (AvgIpc) is 2.41. The second kappa shape index (κ2) is 8.00. The van der Waals surface area contributed by atoms with Crippen LogP contribution in [0.15, 0.2) is 24.3 Å². The highest BCUT2D eigenvalue weighted by molar-refractivity contribution is 5.81. The molecule has 0 aromatic heterocycles. The number of hydrogen-bond donors (Lipinski definition) is 1. The molecule has 0 unspecified atom stereocenters. The predicted octanol–water partition coefficient (Wildman–Crippen LogP) is 2.59. The molecule has 1 rings (SSSR count). The molecular formula is C16H25FN2O. The number of carbonyl (C=O) groups is 1. The molecule has 1 amide bonds. The molecule has 0 saturated carbocycles. The fraction of sp³-hybridized carbons (Fsp3) is 0.562. The fourth-order valence-corrected chi connectivity index (χ4v) is 2.05. The second-order valence-corrected chi connectivity index (χ2v) is 5.48. The summed E-state index contributed by atoms with van der Waals surface area (Å²) >= 11 is 0. The van der Waals surface area contributed by atoms with Crippen LogP contribution in [-0.4, -0.2) is 29.9 Å². The summed E-state index contributed by atoms with van der Waals surface area (Å²) in [5.41, 5.74) is 6.83. The zero-order valence-electron chi connectivity index (χ0n) is 12.6. The zero-order chi connectivity index (χ0) is 15.1. The van der Waals surface area contributed by atoms with Gasteiger partial charge in [-0.1, -0.05) is 32.9 Å². The third-order valence-corrected chi connectivity index (χ3v) is 3.37. The Morgan fingerprint density at radius 3 is 2.60 bits per heavy atom. The molecule has 1 atom stereocenters. The molecule has 0 aliphatic heterocycles. The number of carbonyl (C=O) groups excluding carboxylic acids is 1. The highest BCUT2D eigenvalue weighted by Gasteiger charge is 2.22. The van der Waals surface area contributed by atoms with E-state index in [-0.39, 0.29) is 17.6 Å². The van der Waals surface area contributed by atoms with Crippen LogP contribution in [0.4, 0.5) is 4.39 Å². The Morgan fingerprint density at radius 2 is 2.05 bits per heavy atom. The van der Waals surface area contributed by atoms with Gasteiger partial charge < -0.3 is 10.6 Å². The Bertz CT molecular complexity index is 434. The summed E-state index contributed by atoms with van der Waals surface area (Å²) in [7, 11) is 0. The first kappa shape index (κ1) is 16.6. The van der Waals surface area contributed by atoms with E-state index < -0.39 is 6.04 Å². The van der Waals surface area contributed by atoms with E-state index in [1.54, 1.807) is 11.0 Å². The van der Waals surface area contributed by atoms with Gasteiger partial charge in [-0.2, -0.15) is 0 Å². The van der Waals surface area contributed by atoms with Crippen molar-refractivity contribution in [2.45, 2.75) is 39.7 Å². The summed E-state index contributed by atoms with van der Waals surface area (Å²) in [6.07, 6.45) is 1.54. The number of nitrogens with zero attached hydrogens (tertiary/aromatic N) is 1. The maximum atomic E-state index is 13.1. The Morgan fingerprint density at radius 1 is 1.35 bits per heavy atom. The third kappa shape index (κ3) is 4.93. The number of rotatable bonds is 7. The summed E-state index contributed by atoms with van der Waals surface area (Å²) in [4.78, 5) is 14.1. The van der Waals surface area contributed by atoms with Crippen LogP contribution in [-0.2, 0) is 11.2 Å². The van der Waals surface area contributed by atoms with Crippen molar-refractivity contribution in [1.29, 1.82) is 0 Å². The van der Waals surface area contributed by atoms with Crippen LogP contribution >= 0.6 is 0 Å². The van der Waals surface area contributed by atoms with Gasteiger partial charge in [-0.15, -0.1) is 0 Å². The van der Waals surface area contributed by atoms with Crippen molar-refractivity contribution in [3.63, 3.8) is 0 Å². The van der Waals surface area contributed by atoms with Gasteiger partial charge in [0, 0.05) is 13.1 Å². The molecule has 3 nitrogen and oxygen atoms in total. The Hall–Kier alpha value is -1.42. The lowest BCUT2D eigenvalue weighted by Crippen LogP contribution is -2.47. The summed E-state index contributed by atoms with van der Waals surface area (Å²) in [5, 5.41) is 0. The molecule has 0 saturated heterocycles. The van der Waals surface area contributed by atoms with Gasteiger partial charge in [-0.3, -0.25) is 4.79 Å². The highest BCUT2D eigenvalue weighted by atomic mass is 19.1. The summed E-state index contributed by atoms with van der Waals surface area (Å²) in [6, 6.07) is 6.04. The zero-order valence-corrected chi connectivity index (χ0v) is 12.6. The van der Waals surface area contributed by atoms with Gasteiger partial charge in [0.05, 0.1) is 6.04 Å². The SMILES string of the molecule is CCCN(CCc1cccc(F)c1)C(=O)[C@@H](N)C(C)C. The van der Waals surface area contributed by atoms with Gasteiger partial charge in [0.2, 0.25) is 5.91 Å². The Kier molecular flexibility index (Phi) is 6.65. The standard InChI is InChI=1S/C16H25FN2O/c1-4-9-19(16(20)15(18)12(2)3)10-8-13-6-5-7-14(17)11-13/h5-7,11-12,15H,4,8-10,18H2,1-3H3/t15-/m0/s1. The number of nitrogens with two attached hydrogens (primary N) is 1. The third-order valence-electron chi connectivity index (χ3n) is 3.37. The maximum absolute atomic E-state index is 13.1. The Labute approximate surface area is 121 Å². The van der Waals surface area contributed by atoms with Gasteiger partial charge in [0.15, 0.2) is 0 Å². The number of halogens is 1. The smallest absolute Gasteiger partial charge is 0.239 e. The molecule has 0 spiro atoms. The molecule has 0 aliphatic carbocycles. The lowest BCUT2D eigenvalue weighted by Gasteiger charge is -2.27. The van der Waals surface area contributed by atoms with Crippen molar-refractivity contribution in [3.05, 3.63) is 35.6 Å². The van der Waals surface area contributed by atoms with Crippen molar-refractivity contribution in [2.75, 3.05) is 13.1 Å². The van der Waals surface area contributed by atoms with Crippen molar-refractivity contribution in [2.24, 2.45) is 11.7 Å². The molecule has 0 aliphatic rings. The van der Waals surface area contributed by atoms with E-state index in [0.29, 0.717) is 19.5 Å². The number of hydrogen-bond acceptors (Lipinski definition) is 2. The summed E-state index contributed by atoms with van der Waals surface area (Å²) in [6.45, 7) is 7.19. The quantitative estimate of drug-likeness (QED) is 0.834. The maximum Gasteiger partial charge on any atom is 0.239 e. The van der Waals surface area contributed by atoms with Gasteiger partial charge >= 0.3 is 0 Å². The minimum absolute atomic E-state index is 0.0155. The minimum Gasteiger partial charge on any atom is -0.341 e. The normalized spacial score (nSPS) is 12.5. The number of benzene rings is 1. The first-order valence-electron chi connectivity index (χ1n) is 7.24. The second-order valence-electron chi connectivity index (χ2n) is 5.48. The lowest BCUT2D eigenvalue weighted by atomic mass is 10.0. The molecule has 0 bridgehead atoms. The average molecular weight is 280 g/mol. The molecule has 1 aromatic rings. The van der Waals surface area contributed by atoms with Gasteiger partial charge in [-0.25, -0.2) is 4.39 Å². The summed E-state index contributed by atoms with van der Waals surface area (Å²) in [5.74, 6) is -0.135. The largest absolute Gasteiger partial charge is 0.341 e. The molecule has 4 heteroatoms. The van der Waals surface area contributed by atoms with Crippen molar-refractivity contribution >= 4 is 5.91 Å². The molecule has 20 heavy (non-hydrogen) atoms. The van der Waals surface area contributed by atoms with Crippen molar-refractivity contribution < 1.29 is 9.18 Å². The summed E-state index contributed by atoms with van der Waals surface area (Å²) < 4.78 is 13.1. The van der Waals surface area contributed by atoms with E-state index in [2.05, 4.69) is 0 Å². The van der Waals surface area contributed by atoms with Gasteiger partial charge in [0.1, 0.15) is 5.82 Å². The van der Waals surface area contributed by atoms with E-state index >= 15 is 0 Å². The fourth-order valence-electron chi connectivity index (χ4n) is 2.05. The topological polar surface area (TPSA) is 46.3 Å². The number of amides is 1. The van der Waals surface area contributed by atoms with E-state index in [1.807, 2.05) is 26.8 Å². The lowest BCUT2D eigenvalue weighted by molar-refractivity contribution is -0.133. The monoisotopic (exact) mass is 280 g/mol. The first-order valence-corrected chi connectivity index (χ1v) is 7.24. The molecule has 112 valence electrons. The van der Waals surface area contributed by atoms with Gasteiger partial charge in [-0.05, 0) is 36.5 Å². The molecule has 0 radical (unpaired) electrons. The predicted molar refractivity (Wildman–Crippen MR) is 79.8 cm³/mol. The molecular weight excluding hydrogens is 255 g/mol. The van der Waals surface area contributed by atoms with Crippen LogP contribution in [0.1, 0.15) is 32.8 Å². The molecule has 2 N–H and O–H groups in total. The van der Waals surface area contributed by atoms with Crippen LogP contribution in [0.25, 0.3) is 0 Å². The van der Waals surface area contributed by atoms with Crippen LogP contribution < -0.4 is 5.73 Å². The molecule has 1 aromatic carbocycles. The van der Waals surface area contributed by atoms with E-state index in [0.717, 1.165) is 12.0 Å².